The van der Waals surface area contributed by atoms with Gasteiger partial charge in [0, 0.05) is 26.4 Å². The lowest BCUT2D eigenvalue weighted by Gasteiger charge is -2.13. The summed E-state index contributed by atoms with van der Waals surface area (Å²) >= 11 is 1.89. The highest BCUT2D eigenvalue weighted by Crippen LogP contribution is 2.48. The van der Waals surface area contributed by atoms with Crippen LogP contribution < -0.4 is 0 Å². The van der Waals surface area contributed by atoms with E-state index < -0.39 is 0 Å². The molecule has 0 spiro atoms. The number of hydrogen-bond acceptors (Lipinski definition) is 3. The van der Waals surface area contributed by atoms with E-state index in [1.807, 2.05) is 67.0 Å². The minimum absolute atomic E-state index is 0.709. The van der Waals surface area contributed by atoms with E-state index in [0.29, 0.717) is 5.82 Å². The Kier molecular flexibility index (Phi) is 6.20. The van der Waals surface area contributed by atoms with Gasteiger partial charge in [-0.3, -0.25) is 0 Å². The van der Waals surface area contributed by atoms with E-state index in [9.17, 15) is 0 Å². The Morgan fingerprint density at radius 2 is 1.28 bits per heavy atom. The number of hydrogen-bond donors (Lipinski definition) is 0. The van der Waals surface area contributed by atoms with Crippen molar-refractivity contribution < 1.29 is 0 Å². The van der Waals surface area contributed by atoms with E-state index in [4.69, 9.17) is 9.97 Å². The van der Waals surface area contributed by atoms with Crippen LogP contribution in [0.4, 0.5) is 0 Å². The molecule has 0 unspecified atom stereocenters. The van der Waals surface area contributed by atoms with Crippen LogP contribution >= 0.6 is 11.3 Å². The van der Waals surface area contributed by atoms with Crippen LogP contribution in [0.3, 0.4) is 0 Å². The quantitative estimate of drug-likeness (QED) is 0.152. The molecule has 204 valence electrons. The summed E-state index contributed by atoms with van der Waals surface area (Å²) in [5.41, 5.74) is 5.18. The fourth-order valence-electron chi connectivity index (χ4n) is 6.14. The lowest BCUT2D eigenvalue weighted by molar-refractivity contribution is 1.07. The van der Waals surface area contributed by atoms with Crippen LogP contribution in [0.1, 0.15) is 12.6 Å². The second-order valence-electron chi connectivity index (χ2n) is 10.5. The minimum atomic E-state index is 0.709. The third-order valence-corrected chi connectivity index (χ3v) is 9.25. The van der Waals surface area contributed by atoms with Crippen LogP contribution in [0.15, 0.2) is 140 Å². The Hall–Kier alpha value is -5.32. The fourth-order valence-corrected chi connectivity index (χ4v) is 7.51. The molecule has 5 aromatic carbocycles. The zero-order chi connectivity index (χ0) is 28.8. The molecule has 0 amide bonds. The van der Waals surface area contributed by atoms with Crippen molar-refractivity contribution in [1.29, 1.82) is 0 Å². The Bertz CT molecular complexity index is 2410. The van der Waals surface area contributed by atoms with E-state index in [1.54, 1.807) is 0 Å². The number of fused-ring (bicyclic) bond motifs is 10. The molecule has 8 rings (SSSR count). The molecule has 3 nitrogen and oxygen atoms in total. The molecule has 0 bridgehead atoms. The SMILES string of the molecule is C\C=C/C=C\C=C\c1nc(-c2ccccc2)ncc1-n1c2ccccc2c2sc3c4ccccc4c4ccccc4c3c21. The summed E-state index contributed by atoms with van der Waals surface area (Å²) in [5, 5.41) is 7.63. The van der Waals surface area contributed by atoms with Gasteiger partial charge < -0.3 is 4.57 Å². The third kappa shape index (κ3) is 4.10. The molecule has 4 heteroatoms. The number of nitrogens with zero attached hydrogens (tertiary/aromatic N) is 3. The topological polar surface area (TPSA) is 30.7 Å². The number of aromatic nitrogens is 3. The zero-order valence-corrected chi connectivity index (χ0v) is 24.4. The van der Waals surface area contributed by atoms with Crippen molar-refractivity contribution in [2.45, 2.75) is 6.92 Å². The highest BCUT2D eigenvalue weighted by atomic mass is 32.1. The highest BCUT2D eigenvalue weighted by molar-refractivity contribution is 7.27. The number of benzene rings is 5. The first-order valence-electron chi connectivity index (χ1n) is 14.5. The first-order valence-corrected chi connectivity index (χ1v) is 15.3. The van der Waals surface area contributed by atoms with Crippen LogP contribution in [0.5, 0.6) is 0 Å². The molecular formula is C39H27N3S. The summed E-state index contributed by atoms with van der Waals surface area (Å²) in [7, 11) is 0. The third-order valence-electron chi connectivity index (χ3n) is 8.01. The van der Waals surface area contributed by atoms with Gasteiger partial charge in [-0.2, -0.15) is 0 Å². The maximum Gasteiger partial charge on any atom is 0.159 e. The fraction of sp³-hybridized carbons (Fsp3) is 0.0256. The molecule has 8 aromatic rings. The molecule has 0 aliphatic heterocycles. The second-order valence-corrected chi connectivity index (χ2v) is 11.5. The summed E-state index contributed by atoms with van der Waals surface area (Å²) in [6, 6.07) is 36.5. The van der Waals surface area contributed by atoms with E-state index in [2.05, 4.69) is 102 Å². The van der Waals surface area contributed by atoms with E-state index >= 15 is 0 Å². The van der Waals surface area contributed by atoms with Crippen molar-refractivity contribution >= 4 is 70.2 Å². The number of thiophene rings is 1. The van der Waals surface area contributed by atoms with Gasteiger partial charge in [-0.15, -0.1) is 11.3 Å². The van der Waals surface area contributed by atoms with E-state index in [0.717, 1.165) is 22.5 Å². The molecule has 0 aliphatic carbocycles. The standard InChI is InChI=1S/C39H27N3S/c1-2-3-4-5-9-23-32-34(25-40-39(41-32)26-16-7-6-8-17-26)42-33-24-15-14-22-31(33)38-36(42)35-29-20-12-10-18-27(29)28-19-11-13-21-30(28)37(35)43-38/h2-25H,1H3/b3-2-,5-4-,23-9+. The summed E-state index contributed by atoms with van der Waals surface area (Å²) in [4.78, 5) is 10.1. The Balaban J connectivity index is 1.51. The summed E-state index contributed by atoms with van der Waals surface area (Å²) < 4.78 is 4.98. The van der Waals surface area contributed by atoms with Crippen molar-refractivity contribution in [3.8, 4) is 17.1 Å². The molecule has 0 saturated heterocycles. The summed E-state index contributed by atoms with van der Waals surface area (Å²) in [5.74, 6) is 0.709. The lowest BCUT2D eigenvalue weighted by Crippen LogP contribution is -2.02. The monoisotopic (exact) mass is 569 g/mol. The van der Waals surface area contributed by atoms with Gasteiger partial charge in [0.1, 0.15) is 0 Å². The van der Waals surface area contributed by atoms with Gasteiger partial charge in [0.2, 0.25) is 0 Å². The van der Waals surface area contributed by atoms with E-state index in [-0.39, 0.29) is 0 Å². The van der Waals surface area contributed by atoms with Gasteiger partial charge in [0.25, 0.3) is 0 Å². The molecule has 3 aromatic heterocycles. The minimum Gasteiger partial charge on any atom is -0.304 e. The Morgan fingerprint density at radius 3 is 2.07 bits per heavy atom. The molecule has 0 radical (unpaired) electrons. The molecule has 3 heterocycles. The maximum atomic E-state index is 5.14. The molecule has 0 saturated carbocycles. The molecule has 0 atom stereocenters. The highest BCUT2D eigenvalue weighted by Gasteiger charge is 2.23. The van der Waals surface area contributed by atoms with E-state index in [1.165, 1.54) is 47.2 Å². The van der Waals surface area contributed by atoms with Gasteiger partial charge in [-0.05, 0) is 35.2 Å². The van der Waals surface area contributed by atoms with Gasteiger partial charge in [0.05, 0.1) is 33.3 Å². The van der Waals surface area contributed by atoms with Gasteiger partial charge in [-0.1, -0.05) is 127 Å². The van der Waals surface area contributed by atoms with Crippen molar-refractivity contribution in [1.82, 2.24) is 14.5 Å². The number of allylic oxidation sites excluding steroid dienone is 5. The molecular weight excluding hydrogens is 543 g/mol. The molecule has 43 heavy (non-hydrogen) atoms. The van der Waals surface area contributed by atoms with Gasteiger partial charge in [-0.25, -0.2) is 9.97 Å². The molecule has 0 aliphatic rings. The Labute approximate surface area is 253 Å². The van der Waals surface area contributed by atoms with Gasteiger partial charge >= 0.3 is 0 Å². The van der Waals surface area contributed by atoms with Crippen molar-refractivity contribution in [2.24, 2.45) is 0 Å². The second kappa shape index (κ2) is 10.5. The molecule has 0 N–H and O–H groups in total. The Morgan fingerprint density at radius 1 is 0.628 bits per heavy atom. The predicted molar refractivity (Wildman–Crippen MR) is 185 cm³/mol. The average Bonchev–Trinajstić information content (AvgIpc) is 3.61. The number of para-hydroxylation sites is 1. The molecule has 0 fully saturated rings. The normalized spacial score (nSPS) is 12.5. The van der Waals surface area contributed by atoms with Gasteiger partial charge in [0.15, 0.2) is 5.82 Å². The summed E-state index contributed by atoms with van der Waals surface area (Å²) in [6.07, 6.45) is 14.2. The van der Waals surface area contributed by atoms with Crippen LogP contribution in [0.2, 0.25) is 0 Å². The zero-order valence-electron chi connectivity index (χ0n) is 23.6. The van der Waals surface area contributed by atoms with Crippen LogP contribution in [0.25, 0.3) is 75.9 Å². The largest absolute Gasteiger partial charge is 0.304 e. The van der Waals surface area contributed by atoms with Crippen molar-refractivity contribution in [2.75, 3.05) is 0 Å². The maximum absolute atomic E-state index is 5.14. The van der Waals surface area contributed by atoms with Crippen molar-refractivity contribution in [3.05, 3.63) is 145 Å². The predicted octanol–water partition coefficient (Wildman–Crippen LogP) is 10.9. The van der Waals surface area contributed by atoms with Crippen molar-refractivity contribution in [3.63, 3.8) is 0 Å². The van der Waals surface area contributed by atoms with Crippen LogP contribution in [-0.4, -0.2) is 14.5 Å². The smallest absolute Gasteiger partial charge is 0.159 e. The lowest BCUT2D eigenvalue weighted by atomic mass is 9.98. The van der Waals surface area contributed by atoms with Crippen LogP contribution in [-0.2, 0) is 0 Å². The number of rotatable bonds is 5. The van der Waals surface area contributed by atoms with Crippen LogP contribution in [0, 0.1) is 0 Å². The average molecular weight is 570 g/mol. The summed E-state index contributed by atoms with van der Waals surface area (Å²) in [6.45, 7) is 2.02. The first-order chi connectivity index (χ1) is 21.3. The first kappa shape index (κ1) is 25.4.